The number of hydrogen-bond donors (Lipinski definition) is 2. The van der Waals surface area contributed by atoms with E-state index < -0.39 is 23.6 Å². The molecule has 0 atom stereocenters. The highest BCUT2D eigenvalue weighted by Gasteiger charge is 2.31. The van der Waals surface area contributed by atoms with Gasteiger partial charge in [-0.25, -0.2) is 5.43 Å². The summed E-state index contributed by atoms with van der Waals surface area (Å²) in [6, 6.07) is 14.2. The fourth-order valence-electron chi connectivity index (χ4n) is 2.82. The number of alkyl halides is 3. The van der Waals surface area contributed by atoms with Crippen LogP contribution in [0.3, 0.4) is 0 Å². The maximum absolute atomic E-state index is 12.9. The molecular weight excluding hydrogens is 542 g/mol. The highest BCUT2D eigenvalue weighted by atomic mass is 35.5. The zero-order valence-electron chi connectivity index (χ0n) is 18.4. The first-order valence-corrected chi connectivity index (χ1v) is 11.3. The van der Waals surface area contributed by atoms with E-state index in [-0.39, 0.29) is 17.3 Å². The average molecular weight is 559 g/mol. The summed E-state index contributed by atoms with van der Waals surface area (Å²) in [4.78, 5) is 24.1. The van der Waals surface area contributed by atoms with Gasteiger partial charge in [0.05, 0.1) is 22.0 Å². The number of benzene rings is 3. The van der Waals surface area contributed by atoms with Crippen LogP contribution in [0.1, 0.15) is 23.6 Å². The lowest BCUT2D eigenvalue weighted by atomic mass is 10.1. The summed E-state index contributed by atoms with van der Waals surface area (Å²) in [6.07, 6.45) is -4.64. The summed E-state index contributed by atoms with van der Waals surface area (Å²) in [7, 11) is 0. The standard InChI is InChI=1S/C24H17Cl3F3N3O3/c1-13(14-3-7-18(8-4-14)36-12-15-2-6-17(25)11-20(15)27)32-33-23(35)22(34)31-21-10-16(24(28,29)30)5-9-19(21)26/h2-11H,12H2,1H3,(H,31,34)(H,33,35). The van der Waals surface area contributed by atoms with Crippen LogP contribution in [0.25, 0.3) is 0 Å². The van der Waals surface area contributed by atoms with Crippen molar-refractivity contribution in [3.8, 4) is 5.75 Å². The van der Waals surface area contributed by atoms with Gasteiger partial charge in [0.25, 0.3) is 0 Å². The molecule has 0 bridgehead atoms. The molecule has 36 heavy (non-hydrogen) atoms. The maximum atomic E-state index is 12.9. The molecule has 188 valence electrons. The van der Waals surface area contributed by atoms with E-state index in [2.05, 4.69) is 10.5 Å². The van der Waals surface area contributed by atoms with E-state index in [1.165, 1.54) is 0 Å². The number of amides is 2. The maximum Gasteiger partial charge on any atom is 0.416 e. The van der Waals surface area contributed by atoms with Crippen LogP contribution in [0, 0.1) is 0 Å². The Labute approximate surface area is 219 Å². The first-order chi connectivity index (χ1) is 16.9. The van der Waals surface area contributed by atoms with Crippen LogP contribution in [0.4, 0.5) is 18.9 Å². The second-order valence-corrected chi connectivity index (χ2v) is 8.58. The number of nitrogens with one attached hydrogen (secondary N) is 2. The van der Waals surface area contributed by atoms with Crippen molar-refractivity contribution in [3.05, 3.63) is 92.4 Å². The molecule has 0 heterocycles. The molecule has 3 aromatic carbocycles. The fourth-order valence-corrected chi connectivity index (χ4v) is 3.45. The minimum Gasteiger partial charge on any atom is -0.489 e. The monoisotopic (exact) mass is 557 g/mol. The number of hydrogen-bond acceptors (Lipinski definition) is 4. The van der Waals surface area contributed by atoms with Gasteiger partial charge < -0.3 is 10.1 Å². The topological polar surface area (TPSA) is 79.8 Å². The van der Waals surface area contributed by atoms with Gasteiger partial charge in [-0.3, -0.25) is 9.59 Å². The van der Waals surface area contributed by atoms with Crippen LogP contribution in [-0.2, 0) is 22.4 Å². The van der Waals surface area contributed by atoms with Crippen LogP contribution in [0.5, 0.6) is 5.75 Å². The number of rotatable bonds is 6. The molecule has 0 aliphatic heterocycles. The van der Waals surface area contributed by atoms with Crippen molar-refractivity contribution in [1.29, 1.82) is 0 Å². The average Bonchev–Trinajstić information content (AvgIpc) is 2.82. The predicted octanol–water partition coefficient (Wildman–Crippen LogP) is 6.72. The first kappa shape index (κ1) is 27.3. The molecule has 6 nitrogen and oxygen atoms in total. The Kier molecular flexibility index (Phi) is 8.84. The summed E-state index contributed by atoms with van der Waals surface area (Å²) in [6.45, 7) is 1.81. The second-order valence-electron chi connectivity index (χ2n) is 7.33. The summed E-state index contributed by atoms with van der Waals surface area (Å²) in [5.74, 6) is -1.88. The molecule has 2 amide bonds. The summed E-state index contributed by atoms with van der Waals surface area (Å²) in [5.41, 5.74) is 2.41. The Hall–Kier alpha value is -3.27. The summed E-state index contributed by atoms with van der Waals surface area (Å²) < 4.78 is 44.3. The number of carbonyl (C=O) groups excluding carboxylic acids is 2. The van der Waals surface area contributed by atoms with Crippen LogP contribution in [0.2, 0.25) is 15.1 Å². The smallest absolute Gasteiger partial charge is 0.416 e. The van der Waals surface area contributed by atoms with Gasteiger partial charge in [-0.1, -0.05) is 40.9 Å². The minimum atomic E-state index is -4.64. The van der Waals surface area contributed by atoms with E-state index in [1.807, 2.05) is 5.32 Å². The lowest BCUT2D eigenvalue weighted by Crippen LogP contribution is -2.33. The third kappa shape index (κ3) is 7.36. The van der Waals surface area contributed by atoms with Crippen molar-refractivity contribution in [2.75, 3.05) is 5.32 Å². The molecule has 0 aromatic heterocycles. The molecule has 2 N–H and O–H groups in total. The van der Waals surface area contributed by atoms with Gasteiger partial charge >= 0.3 is 18.0 Å². The van der Waals surface area contributed by atoms with E-state index in [0.29, 0.717) is 33.1 Å². The molecule has 0 spiro atoms. The molecule has 0 aliphatic carbocycles. The number of hydrazone groups is 1. The van der Waals surface area contributed by atoms with Gasteiger partial charge in [0.2, 0.25) is 0 Å². The fraction of sp³-hybridized carbons (Fsp3) is 0.125. The Bertz CT molecular complexity index is 1310. The van der Waals surface area contributed by atoms with Crippen molar-refractivity contribution >= 4 is 58.0 Å². The molecule has 0 fully saturated rings. The SMILES string of the molecule is CC(=NNC(=O)C(=O)Nc1cc(C(F)(F)F)ccc1Cl)c1ccc(OCc2ccc(Cl)cc2Cl)cc1. The Morgan fingerprint density at radius 2 is 1.61 bits per heavy atom. The number of carbonyl (C=O) groups is 2. The molecule has 0 unspecified atom stereocenters. The summed E-state index contributed by atoms with van der Waals surface area (Å²) in [5, 5.41) is 6.74. The molecular formula is C24H17Cl3F3N3O3. The normalized spacial score (nSPS) is 11.7. The van der Waals surface area contributed by atoms with Crippen molar-refractivity contribution in [2.24, 2.45) is 5.10 Å². The quantitative estimate of drug-likeness (QED) is 0.200. The van der Waals surface area contributed by atoms with E-state index in [9.17, 15) is 22.8 Å². The van der Waals surface area contributed by atoms with Crippen LogP contribution < -0.4 is 15.5 Å². The number of nitrogens with zero attached hydrogens (tertiary/aromatic N) is 1. The molecule has 12 heteroatoms. The van der Waals surface area contributed by atoms with E-state index >= 15 is 0 Å². The highest BCUT2D eigenvalue weighted by molar-refractivity contribution is 6.41. The highest BCUT2D eigenvalue weighted by Crippen LogP contribution is 2.33. The van der Waals surface area contributed by atoms with Crippen molar-refractivity contribution in [3.63, 3.8) is 0 Å². The number of ether oxygens (including phenoxy) is 1. The number of halogens is 6. The van der Waals surface area contributed by atoms with Crippen LogP contribution in [-0.4, -0.2) is 17.5 Å². The van der Waals surface area contributed by atoms with Gasteiger partial charge in [0.15, 0.2) is 0 Å². The van der Waals surface area contributed by atoms with Gasteiger partial charge in [0, 0.05) is 15.6 Å². The summed E-state index contributed by atoms with van der Waals surface area (Å²) >= 11 is 17.8. The zero-order valence-corrected chi connectivity index (χ0v) is 20.7. The third-order valence-electron chi connectivity index (χ3n) is 4.75. The number of anilines is 1. The molecule has 0 radical (unpaired) electrons. The molecule has 0 saturated heterocycles. The van der Waals surface area contributed by atoms with Crippen molar-refractivity contribution in [2.45, 2.75) is 19.7 Å². The van der Waals surface area contributed by atoms with Gasteiger partial charge in [-0.05, 0) is 67.1 Å². The van der Waals surface area contributed by atoms with Gasteiger partial charge in [-0.15, -0.1) is 0 Å². The molecule has 0 saturated carbocycles. The van der Waals surface area contributed by atoms with Crippen molar-refractivity contribution < 1.29 is 27.5 Å². The van der Waals surface area contributed by atoms with E-state index in [1.54, 1.807) is 49.4 Å². The molecule has 3 rings (SSSR count). The van der Waals surface area contributed by atoms with Crippen molar-refractivity contribution in [1.82, 2.24) is 5.43 Å². The van der Waals surface area contributed by atoms with Crippen LogP contribution >= 0.6 is 34.8 Å². The lowest BCUT2D eigenvalue weighted by molar-refractivity contribution is -0.137. The second kappa shape index (κ2) is 11.6. The zero-order chi connectivity index (χ0) is 26.5. The minimum absolute atomic E-state index is 0.163. The first-order valence-electron chi connectivity index (χ1n) is 10.1. The van der Waals surface area contributed by atoms with Gasteiger partial charge in [-0.2, -0.15) is 18.3 Å². The Morgan fingerprint density at radius 1 is 0.917 bits per heavy atom. The Balaban J connectivity index is 1.58. The molecule has 3 aromatic rings. The lowest BCUT2D eigenvalue weighted by Gasteiger charge is -2.11. The molecule has 0 aliphatic rings. The Morgan fingerprint density at radius 3 is 2.25 bits per heavy atom. The largest absolute Gasteiger partial charge is 0.489 e. The van der Waals surface area contributed by atoms with E-state index in [0.717, 1.165) is 17.7 Å². The third-order valence-corrected chi connectivity index (χ3v) is 5.67. The van der Waals surface area contributed by atoms with E-state index in [4.69, 9.17) is 39.5 Å². The predicted molar refractivity (Wildman–Crippen MR) is 133 cm³/mol. The van der Waals surface area contributed by atoms with Crippen LogP contribution in [0.15, 0.2) is 65.8 Å². The van der Waals surface area contributed by atoms with Gasteiger partial charge in [0.1, 0.15) is 12.4 Å².